The molecule has 7 heteroatoms. The lowest BCUT2D eigenvalue weighted by Gasteiger charge is -2.15. The van der Waals surface area contributed by atoms with Crippen LogP contribution in [-0.2, 0) is 22.4 Å². The van der Waals surface area contributed by atoms with Crippen LogP contribution in [0.1, 0.15) is 31.9 Å². The van der Waals surface area contributed by atoms with Crippen LogP contribution < -0.4 is 0 Å². The number of fused-ring (bicyclic) bond motifs is 4. The monoisotopic (exact) mass is 476 g/mol. The van der Waals surface area contributed by atoms with E-state index in [0.29, 0.717) is 0 Å². The lowest BCUT2D eigenvalue weighted by atomic mass is 9.81. The lowest BCUT2D eigenvalue weighted by molar-refractivity contribution is -0.401. The molecule has 176 valence electrons. The first-order chi connectivity index (χ1) is 16.0. The largest absolute Gasteiger partial charge is 0.726 e. The van der Waals surface area contributed by atoms with E-state index in [-0.39, 0.29) is 5.41 Å². The van der Waals surface area contributed by atoms with Gasteiger partial charge >= 0.3 is 0 Å². The molecule has 5 rings (SSSR count). The van der Waals surface area contributed by atoms with Crippen LogP contribution in [0.3, 0.4) is 0 Å². The second-order valence-corrected chi connectivity index (χ2v) is 9.74. The summed E-state index contributed by atoms with van der Waals surface area (Å²) in [6.07, 6.45) is 4.55. The summed E-state index contributed by atoms with van der Waals surface area (Å²) in [6.45, 7) is 7.82. The van der Waals surface area contributed by atoms with Crippen molar-refractivity contribution in [3.8, 4) is 0 Å². The van der Waals surface area contributed by atoms with Gasteiger partial charge in [0.05, 0.1) is 5.41 Å². The minimum absolute atomic E-state index is 0.00415. The maximum atomic E-state index is 8.63. The molecule has 3 aromatic carbocycles. The minimum Gasteiger partial charge on any atom is -0.726 e. The molecule has 2 heterocycles. The molecule has 34 heavy (non-hydrogen) atoms. The van der Waals surface area contributed by atoms with Gasteiger partial charge in [0.1, 0.15) is 7.05 Å². The molecule has 0 saturated heterocycles. The Kier molecular flexibility index (Phi) is 6.20. The van der Waals surface area contributed by atoms with Crippen molar-refractivity contribution in [1.29, 1.82) is 0 Å². The maximum absolute atomic E-state index is 8.63. The van der Waals surface area contributed by atoms with Crippen molar-refractivity contribution in [1.82, 2.24) is 4.57 Å². The molecular formula is C27H28N2O4S. The van der Waals surface area contributed by atoms with Gasteiger partial charge in [0, 0.05) is 46.1 Å². The van der Waals surface area contributed by atoms with Crippen molar-refractivity contribution in [2.45, 2.75) is 32.7 Å². The van der Waals surface area contributed by atoms with Crippen LogP contribution in [-0.4, -0.2) is 39.4 Å². The van der Waals surface area contributed by atoms with E-state index in [1.165, 1.54) is 44.3 Å². The summed E-state index contributed by atoms with van der Waals surface area (Å²) in [7, 11) is -2.74. The normalized spacial score (nSPS) is 15.1. The molecule has 0 spiro atoms. The smallest absolute Gasteiger partial charge is 0.215 e. The number of aryl methyl sites for hydroxylation is 1. The standard InChI is InChI=1S/C27H27N2.H2O4S/c1-5-29-23-12-8-6-10-20(23)21-18-19(14-16-24(21)29)15-17-26-27(2,3)22-11-7-9-13-25(22)28(26)4;1-5(2,3)4/h6-18H,5H2,1-4H3;(H2,1,2,3,4)/q+1;/p-1. The molecule has 1 aromatic heterocycles. The van der Waals surface area contributed by atoms with Crippen LogP contribution in [0.15, 0.2) is 72.8 Å². The predicted molar refractivity (Wildman–Crippen MR) is 137 cm³/mol. The van der Waals surface area contributed by atoms with Gasteiger partial charge in [-0.3, -0.25) is 4.55 Å². The molecule has 1 aliphatic heterocycles. The van der Waals surface area contributed by atoms with Crippen molar-refractivity contribution in [2.75, 3.05) is 7.05 Å². The van der Waals surface area contributed by atoms with Crippen molar-refractivity contribution in [3.63, 3.8) is 0 Å². The van der Waals surface area contributed by atoms with Gasteiger partial charge in [-0.25, -0.2) is 8.42 Å². The van der Waals surface area contributed by atoms with Gasteiger partial charge < -0.3 is 9.12 Å². The number of nitrogens with zero attached hydrogens (tertiary/aromatic N) is 2. The second kappa shape index (κ2) is 8.83. The molecule has 0 bridgehead atoms. The summed E-state index contributed by atoms with van der Waals surface area (Å²) in [6, 6.07) is 24.3. The van der Waals surface area contributed by atoms with E-state index in [4.69, 9.17) is 17.5 Å². The Balaban J connectivity index is 0.000000499. The van der Waals surface area contributed by atoms with Gasteiger partial charge in [0.15, 0.2) is 5.71 Å². The Morgan fingerprint density at radius 1 is 0.971 bits per heavy atom. The van der Waals surface area contributed by atoms with Gasteiger partial charge in [-0.2, -0.15) is 4.58 Å². The summed E-state index contributed by atoms with van der Waals surface area (Å²) >= 11 is 0. The van der Waals surface area contributed by atoms with Crippen molar-refractivity contribution in [3.05, 3.63) is 83.9 Å². The van der Waals surface area contributed by atoms with E-state index in [2.05, 4.69) is 116 Å². The third kappa shape index (κ3) is 4.42. The average Bonchev–Trinajstić information content (AvgIpc) is 3.20. The summed E-state index contributed by atoms with van der Waals surface area (Å²) in [5, 5.41) is 2.66. The first kappa shape index (κ1) is 23.9. The molecule has 6 nitrogen and oxygen atoms in total. The number of benzene rings is 3. The highest BCUT2D eigenvalue weighted by Gasteiger charge is 2.42. The highest BCUT2D eigenvalue weighted by atomic mass is 32.3. The van der Waals surface area contributed by atoms with E-state index < -0.39 is 10.4 Å². The molecule has 0 atom stereocenters. The summed E-state index contributed by atoms with van der Waals surface area (Å²) in [4.78, 5) is 0. The van der Waals surface area contributed by atoms with Crippen molar-refractivity contribution >= 4 is 49.7 Å². The highest BCUT2D eigenvalue weighted by molar-refractivity contribution is 7.79. The molecule has 0 aliphatic carbocycles. The van der Waals surface area contributed by atoms with E-state index in [9.17, 15) is 0 Å². The third-order valence-electron chi connectivity index (χ3n) is 6.49. The van der Waals surface area contributed by atoms with Crippen LogP contribution in [0.5, 0.6) is 0 Å². The zero-order valence-electron chi connectivity index (χ0n) is 19.7. The molecule has 0 radical (unpaired) electrons. The van der Waals surface area contributed by atoms with Crippen LogP contribution in [0.4, 0.5) is 5.69 Å². The quantitative estimate of drug-likeness (QED) is 0.239. The first-order valence-corrected chi connectivity index (χ1v) is 12.5. The fourth-order valence-electron chi connectivity index (χ4n) is 4.99. The molecular weight excluding hydrogens is 448 g/mol. The van der Waals surface area contributed by atoms with Crippen LogP contribution in [0.2, 0.25) is 0 Å². The minimum atomic E-state index is -4.92. The van der Waals surface area contributed by atoms with Gasteiger partial charge in [-0.15, -0.1) is 0 Å². The van der Waals surface area contributed by atoms with Gasteiger partial charge in [-0.05, 0) is 50.6 Å². The number of hydrogen-bond donors (Lipinski definition) is 1. The number of aromatic nitrogens is 1. The molecule has 1 N–H and O–H groups in total. The average molecular weight is 477 g/mol. The SMILES string of the molecule is CCn1c2ccccc2c2cc(C=CC3=[N+](C)c4ccccc4C3(C)C)ccc21.O=S(=O)([O-])O. The second-order valence-electron chi connectivity index (χ2n) is 8.89. The Labute approximate surface area is 200 Å². The zero-order chi connectivity index (χ0) is 24.7. The van der Waals surface area contributed by atoms with Crippen LogP contribution >= 0.6 is 0 Å². The van der Waals surface area contributed by atoms with E-state index >= 15 is 0 Å². The van der Waals surface area contributed by atoms with E-state index in [0.717, 1.165) is 6.54 Å². The number of hydrogen-bond acceptors (Lipinski definition) is 3. The number of rotatable bonds is 3. The van der Waals surface area contributed by atoms with Gasteiger partial charge in [-0.1, -0.05) is 42.5 Å². The molecule has 0 fully saturated rings. The lowest BCUT2D eigenvalue weighted by Crippen LogP contribution is -2.26. The van der Waals surface area contributed by atoms with E-state index in [1.54, 1.807) is 0 Å². The van der Waals surface area contributed by atoms with Crippen molar-refractivity contribution in [2.24, 2.45) is 0 Å². The molecule has 0 amide bonds. The van der Waals surface area contributed by atoms with Crippen LogP contribution in [0.25, 0.3) is 27.9 Å². The predicted octanol–water partition coefficient (Wildman–Crippen LogP) is 5.54. The Bertz CT molecular complexity index is 1550. The molecule has 1 aliphatic rings. The first-order valence-electron chi connectivity index (χ1n) is 11.1. The fourth-order valence-corrected chi connectivity index (χ4v) is 4.99. The summed E-state index contributed by atoms with van der Waals surface area (Å²) in [5.41, 5.74) is 7.89. The van der Waals surface area contributed by atoms with Crippen molar-refractivity contribution < 1.29 is 22.1 Å². The Hall–Kier alpha value is -3.26. The summed E-state index contributed by atoms with van der Waals surface area (Å²) in [5.74, 6) is 0. The summed E-state index contributed by atoms with van der Waals surface area (Å²) < 4.78 is 37.6. The van der Waals surface area contributed by atoms with E-state index in [1.807, 2.05) is 0 Å². The van der Waals surface area contributed by atoms with Gasteiger partial charge in [0.2, 0.25) is 16.1 Å². The Morgan fingerprint density at radius 2 is 1.59 bits per heavy atom. The van der Waals surface area contributed by atoms with Crippen LogP contribution in [0, 0.1) is 0 Å². The molecule has 4 aromatic rings. The third-order valence-corrected chi connectivity index (χ3v) is 6.49. The molecule has 0 unspecified atom stereocenters. The number of allylic oxidation sites excluding steroid dienone is 1. The fraction of sp³-hybridized carbons (Fsp3) is 0.222. The Morgan fingerprint density at radius 3 is 2.26 bits per heavy atom. The number of para-hydroxylation sites is 2. The zero-order valence-corrected chi connectivity index (χ0v) is 20.5. The highest BCUT2D eigenvalue weighted by Crippen LogP contribution is 2.39. The maximum Gasteiger partial charge on any atom is 0.215 e. The topological polar surface area (TPSA) is 85.4 Å². The molecule has 0 saturated carbocycles. The van der Waals surface area contributed by atoms with Gasteiger partial charge in [0.25, 0.3) is 0 Å².